The third-order valence-electron chi connectivity index (χ3n) is 6.04. The molecule has 1 aliphatic heterocycles. The Bertz CT molecular complexity index is 440. The van der Waals surface area contributed by atoms with Crippen LogP contribution in [0.3, 0.4) is 0 Å². The van der Waals surface area contributed by atoms with Gasteiger partial charge in [-0.25, -0.2) is 0 Å². The van der Waals surface area contributed by atoms with Gasteiger partial charge in [-0.2, -0.15) is 0 Å². The van der Waals surface area contributed by atoms with Gasteiger partial charge >= 0.3 is 0 Å². The normalized spacial score (nSPS) is 38.1. The average molecular weight is 255 g/mol. The molecule has 1 heteroatoms. The summed E-state index contributed by atoms with van der Waals surface area (Å²) >= 11 is 0. The Labute approximate surface area is 117 Å². The Kier molecular flexibility index (Phi) is 2.91. The Morgan fingerprint density at radius 2 is 2.05 bits per heavy atom. The van der Waals surface area contributed by atoms with Crippen LogP contribution >= 0.6 is 0 Å². The lowest BCUT2D eigenvalue weighted by Crippen LogP contribution is -2.45. The SMILES string of the molecule is c1ccc(CN2CCCC3(CC4CCC3C4)C2)cc1. The lowest BCUT2D eigenvalue weighted by Gasteiger charge is -2.46. The maximum Gasteiger partial charge on any atom is 0.0233 e. The molecule has 3 unspecified atom stereocenters. The van der Waals surface area contributed by atoms with E-state index in [4.69, 9.17) is 0 Å². The van der Waals surface area contributed by atoms with Crippen LogP contribution in [0, 0.1) is 17.3 Å². The molecule has 1 heterocycles. The van der Waals surface area contributed by atoms with E-state index in [2.05, 4.69) is 35.2 Å². The van der Waals surface area contributed by atoms with Crippen molar-refractivity contribution in [2.45, 2.75) is 45.1 Å². The lowest BCUT2D eigenvalue weighted by molar-refractivity contribution is 0.0344. The second-order valence-corrected chi connectivity index (χ2v) is 7.24. The topological polar surface area (TPSA) is 3.24 Å². The van der Waals surface area contributed by atoms with Crippen molar-refractivity contribution in [1.82, 2.24) is 4.90 Å². The van der Waals surface area contributed by atoms with Crippen LogP contribution < -0.4 is 0 Å². The van der Waals surface area contributed by atoms with E-state index in [1.807, 2.05) is 0 Å². The molecule has 0 amide bonds. The molecule has 2 aliphatic carbocycles. The Hall–Kier alpha value is -0.820. The van der Waals surface area contributed by atoms with Crippen molar-refractivity contribution in [3.8, 4) is 0 Å². The van der Waals surface area contributed by atoms with Gasteiger partial charge in [0.25, 0.3) is 0 Å². The lowest BCUT2D eigenvalue weighted by atomic mass is 9.68. The molecule has 3 atom stereocenters. The quantitative estimate of drug-likeness (QED) is 0.769. The summed E-state index contributed by atoms with van der Waals surface area (Å²) in [4.78, 5) is 2.74. The van der Waals surface area contributed by atoms with Crippen LogP contribution in [0.1, 0.15) is 44.1 Å². The predicted molar refractivity (Wildman–Crippen MR) is 78.8 cm³/mol. The van der Waals surface area contributed by atoms with Crippen LogP contribution in [0.2, 0.25) is 0 Å². The predicted octanol–water partition coefficient (Wildman–Crippen LogP) is 4.09. The maximum atomic E-state index is 2.74. The molecule has 0 N–H and O–H groups in total. The number of likely N-dealkylation sites (tertiary alicyclic amines) is 1. The summed E-state index contributed by atoms with van der Waals surface area (Å²) in [5.74, 6) is 2.15. The summed E-state index contributed by atoms with van der Waals surface area (Å²) in [6.07, 6.45) is 9.10. The zero-order chi connectivity index (χ0) is 12.7. The molecule has 1 saturated heterocycles. The second-order valence-electron chi connectivity index (χ2n) is 7.24. The third-order valence-corrected chi connectivity index (χ3v) is 6.04. The number of rotatable bonds is 2. The highest BCUT2D eigenvalue weighted by Crippen LogP contribution is 2.59. The maximum absolute atomic E-state index is 2.74. The van der Waals surface area contributed by atoms with Gasteiger partial charge in [-0.1, -0.05) is 36.8 Å². The molecule has 1 nitrogen and oxygen atoms in total. The van der Waals surface area contributed by atoms with Crippen molar-refractivity contribution in [2.24, 2.45) is 17.3 Å². The summed E-state index contributed by atoms with van der Waals surface area (Å²) in [7, 11) is 0. The average Bonchev–Trinajstić information content (AvgIpc) is 3.00. The van der Waals surface area contributed by atoms with Gasteiger partial charge in [0.1, 0.15) is 0 Å². The van der Waals surface area contributed by atoms with Gasteiger partial charge in [-0.3, -0.25) is 4.90 Å². The van der Waals surface area contributed by atoms with Gasteiger partial charge < -0.3 is 0 Å². The van der Waals surface area contributed by atoms with Gasteiger partial charge in [-0.05, 0) is 61.5 Å². The highest BCUT2D eigenvalue weighted by atomic mass is 15.1. The zero-order valence-corrected chi connectivity index (χ0v) is 11.9. The Morgan fingerprint density at radius 1 is 1.16 bits per heavy atom. The number of fused-ring (bicyclic) bond motifs is 3. The van der Waals surface area contributed by atoms with Crippen molar-refractivity contribution in [2.75, 3.05) is 13.1 Å². The van der Waals surface area contributed by atoms with Crippen LogP contribution in [-0.4, -0.2) is 18.0 Å². The molecule has 2 bridgehead atoms. The summed E-state index contributed by atoms with van der Waals surface area (Å²) in [5.41, 5.74) is 2.21. The van der Waals surface area contributed by atoms with Crippen LogP contribution in [0.4, 0.5) is 0 Å². The molecule has 4 rings (SSSR count). The van der Waals surface area contributed by atoms with E-state index in [0.29, 0.717) is 0 Å². The van der Waals surface area contributed by atoms with E-state index in [-0.39, 0.29) is 0 Å². The molecule has 1 aromatic rings. The number of benzene rings is 1. The fraction of sp³-hybridized carbons (Fsp3) is 0.667. The zero-order valence-electron chi connectivity index (χ0n) is 11.9. The molecule has 0 radical (unpaired) electrons. The van der Waals surface area contributed by atoms with E-state index in [9.17, 15) is 0 Å². The van der Waals surface area contributed by atoms with Gasteiger partial charge in [0, 0.05) is 13.1 Å². The van der Waals surface area contributed by atoms with E-state index in [1.165, 1.54) is 50.9 Å². The van der Waals surface area contributed by atoms with Crippen molar-refractivity contribution < 1.29 is 0 Å². The second kappa shape index (κ2) is 4.63. The highest BCUT2D eigenvalue weighted by Gasteiger charge is 2.51. The molecule has 3 fully saturated rings. The van der Waals surface area contributed by atoms with E-state index >= 15 is 0 Å². The summed E-state index contributed by atoms with van der Waals surface area (Å²) in [6, 6.07) is 11.0. The number of hydrogen-bond donors (Lipinski definition) is 0. The molecule has 1 spiro atoms. The van der Waals surface area contributed by atoms with Gasteiger partial charge in [0.2, 0.25) is 0 Å². The molecule has 3 aliphatic rings. The van der Waals surface area contributed by atoms with Crippen molar-refractivity contribution in [1.29, 1.82) is 0 Å². The first-order chi connectivity index (χ1) is 9.34. The number of hydrogen-bond acceptors (Lipinski definition) is 1. The molecular formula is C18H25N. The minimum absolute atomic E-state index is 0.718. The molecule has 1 aromatic carbocycles. The first-order valence-electron chi connectivity index (χ1n) is 8.10. The molecule has 0 aromatic heterocycles. The van der Waals surface area contributed by atoms with E-state index in [1.54, 1.807) is 12.8 Å². The first kappa shape index (κ1) is 12.0. The standard InChI is InChI=1S/C18H25N/c1-2-5-15(6-3-1)13-19-10-4-9-18(14-19)12-16-7-8-17(18)11-16/h1-3,5-6,16-17H,4,7-14H2. The van der Waals surface area contributed by atoms with E-state index < -0.39 is 0 Å². The summed E-state index contributed by atoms with van der Waals surface area (Å²) < 4.78 is 0. The molecule has 2 saturated carbocycles. The van der Waals surface area contributed by atoms with Crippen LogP contribution in [0.5, 0.6) is 0 Å². The number of nitrogens with zero attached hydrogens (tertiary/aromatic N) is 1. The monoisotopic (exact) mass is 255 g/mol. The summed E-state index contributed by atoms with van der Waals surface area (Å²) in [6.45, 7) is 3.86. The van der Waals surface area contributed by atoms with Gasteiger partial charge in [0.15, 0.2) is 0 Å². The molecule has 19 heavy (non-hydrogen) atoms. The number of piperidine rings is 1. The van der Waals surface area contributed by atoms with Crippen molar-refractivity contribution in [3.63, 3.8) is 0 Å². The molecule has 102 valence electrons. The van der Waals surface area contributed by atoms with Gasteiger partial charge in [0.05, 0.1) is 0 Å². The fourth-order valence-corrected chi connectivity index (χ4v) is 5.29. The first-order valence-corrected chi connectivity index (χ1v) is 8.10. The highest BCUT2D eigenvalue weighted by molar-refractivity contribution is 5.15. The Balaban J connectivity index is 1.47. The Morgan fingerprint density at radius 3 is 2.79 bits per heavy atom. The minimum Gasteiger partial charge on any atom is -0.299 e. The molecular weight excluding hydrogens is 230 g/mol. The third kappa shape index (κ3) is 2.12. The van der Waals surface area contributed by atoms with E-state index in [0.717, 1.165) is 17.3 Å². The minimum atomic E-state index is 0.718. The largest absolute Gasteiger partial charge is 0.299 e. The van der Waals surface area contributed by atoms with Crippen LogP contribution in [0.25, 0.3) is 0 Å². The smallest absolute Gasteiger partial charge is 0.0233 e. The van der Waals surface area contributed by atoms with Crippen LogP contribution in [-0.2, 0) is 6.54 Å². The van der Waals surface area contributed by atoms with Gasteiger partial charge in [-0.15, -0.1) is 0 Å². The van der Waals surface area contributed by atoms with Crippen molar-refractivity contribution in [3.05, 3.63) is 35.9 Å². The van der Waals surface area contributed by atoms with Crippen molar-refractivity contribution >= 4 is 0 Å². The van der Waals surface area contributed by atoms with Crippen LogP contribution in [0.15, 0.2) is 30.3 Å². The summed E-state index contributed by atoms with van der Waals surface area (Å²) in [5, 5.41) is 0. The fourth-order valence-electron chi connectivity index (χ4n) is 5.29.